The minimum absolute atomic E-state index is 0.622. The standard InChI is InChI=1S/C19H25N5/c1-14-7-4-5-8-17(14)18(20)23-9-6-10-24(12-11-23)19-21-15(2)13-16(3)22-19/h4-5,7-8,13,20H,6,9-12H2,1-3H3. The normalized spacial score (nSPS) is 15.3. The van der Waals surface area contributed by atoms with Gasteiger partial charge in [-0.3, -0.25) is 5.41 Å². The molecule has 1 aliphatic heterocycles. The molecule has 5 heteroatoms. The van der Waals surface area contributed by atoms with Crippen molar-refractivity contribution < 1.29 is 0 Å². The Morgan fingerprint density at radius 1 is 0.958 bits per heavy atom. The molecule has 0 spiro atoms. The highest BCUT2D eigenvalue weighted by Gasteiger charge is 2.20. The fourth-order valence-electron chi connectivity index (χ4n) is 3.20. The first kappa shape index (κ1) is 16.4. The van der Waals surface area contributed by atoms with E-state index in [1.54, 1.807) is 0 Å². The Balaban J connectivity index is 1.73. The second-order valence-electron chi connectivity index (χ2n) is 6.44. The van der Waals surface area contributed by atoms with Crippen molar-refractivity contribution in [2.45, 2.75) is 27.2 Å². The van der Waals surface area contributed by atoms with E-state index in [-0.39, 0.29) is 0 Å². The summed E-state index contributed by atoms with van der Waals surface area (Å²) in [5.41, 5.74) is 4.19. The molecule has 0 amide bonds. The summed E-state index contributed by atoms with van der Waals surface area (Å²) in [7, 11) is 0. The first-order chi connectivity index (χ1) is 11.5. The van der Waals surface area contributed by atoms with Gasteiger partial charge in [0.25, 0.3) is 0 Å². The number of rotatable bonds is 2. The number of anilines is 1. The van der Waals surface area contributed by atoms with E-state index in [0.717, 1.165) is 61.1 Å². The number of aromatic nitrogens is 2. The summed E-state index contributed by atoms with van der Waals surface area (Å²) in [5, 5.41) is 8.58. The minimum atomic E-state index is 0.622. The summed E-state index contributed by atoms with van der Waals surface area (Å²) in [4.78, 5) is 13.6. The molecule has 1 fully saturated rings. The van der Waals surface area contributed by atoms with Gasteiger partial charge in [-0.25, -0.2) is 9.97 Å². The molecule has 1 saturated heterocycles. The predicted octanol–water partition coefficient (Wildman–Crippen LogP) is 2.94. The fourth-order valence-corrected chi connectivity index (χ4v) is 3.20. The number of amidine groups is 1. The van der Waals surface area contributed by atoms with Crippen LogP contribution >= 0.6 is 0 Å². The molecule has 0 atom stereocenters. The van der Waals surface area contributed by atoms with Crippen LogP contribution in [0.25, 0.3) is 0 Å². The zero-order valence-corrected chi connectivity index (χ0v) is 14.7. The van der Waals surface area contributed by atoms with Crippen LogP contribution in [0.3, 0.4) is 0 Å². The second-order valence-corrected chi connectivity index (χ2v) is 6.44. The third-order valence-corrected chi connectivity index (χ3v) is 4.47. The maximum Gasteiger partial charge on any atom is 0.225 e. The van der Waals surface area contributed by atoms with E-state index >= 15 is 0 Å². The topological polar surface area (TPSA) is 56.1 Å². The summed E-state index contributed by atoms with van der Waals surface area (Å²) in [6, 6.07) is 10.1. The van der Waals surface area contributed by atoms with E-state index in [2.05, 4.69) is 32.8 Å². The van der Waals surface area contributed by atoms with Crippen LogP contribution in [0.15, 0.2) is 30.3 Å². The van der Waals surface area contributed by atoms with Gasteiger partial charge in [0.05, 0.1) is 0 Å². The van der Waals surface area contributed by atoms with Crippen LogP contribution in [0.1, 0.15) is 28.9 Å². The van der Waals surface area contributed by atoms with Crippen molar-refractivity contribution >= 4 is 11.8 Å². The highest BCUT2D eigenvalue weighted by Crippen LogP contribution is 2.16. The zero-order valence-electron chi connectivity index (χ0n) is 14.7. The lowest BCUT2D eigenvalue weighted by Crippen LogP contribution is -2.36. The van der Waals surface area contributed by atoms with Crippen LogP contribution in [0.2, 0.25) is 0 Å². The van der Waals surface area contributed by atoms with Gasteiger partial charge in [0.1, 0.15) is 5.84 Å². The van der Waals surface area contributed by atoms with Gasteiger partial charge in [-0.1, -0.05) is 24.3 Å². The predicted molar refractivity (Wildman–Crippen MR) is 97.9 cm³/mol. The molecule has 0 unspecified atom stereocenters. The molecule has 5 nitrogen and oxygen atoms in total. The molecule has 0 bridgehead atoms. The Morgan fingerprint density at radius 2 is 1.67 bits per heavy atom. The molecule has 1 N–H and O–H groups in total. The molecule has 0 radical (unpaired) electrons. The molecule has 0 saturated carbocycles. The fraction of sp³-hybridized carbons (Fsp3) is 0.421. The maximum atomic E-state index is 8.58. The monoisotopic (exact) mass is 323 g/mol. The third kappa shape index (κ3) is 3.55. The van der Waals surface area contributed by atoms with Crippen LogP contribution in [-0.2, 0) is 0 Å². The highest BCUT2D eigenvalue weighted by molar-refractivity contribution is 5.97. The number of hydrogen-bond donors (Lipinski definition) is 1. The van der Waals surface area contributed by atoms with Crippen molar-refractivity contribution in [2.75, 3.05) is 31.1 Å². The molecule has 24 heavy (non-hydrogen) atoms. The van der Waals surface area contributed by atoms with Crippen molar-refractivity contribution in [3.8, 4) is 0 Å². The molecule has 3 rings (SSSR count). The summed E-state index contributed by atoms with van der Waals surface area (Å²) in [6.07, 6.45) is 1.00. The SMILES string of the molecule is Cc1cc(C)nc(N2CCCN(C(=N)c3ccccc3C)CC2)n1. The number of nitrogens with one attached hydrogen (secondary N) is 1. The van der Waals surface area contributed by atoms with Crippen molar-refractivity contribution in [3.63, 3.8) is 0 Å². The quantitative estimate of drug-likeness (QED) is 0.682. The molecule has 1 aliphatic rings. The Bertz CT molecular complexity index is 720. The van der Waals surface area contributed by atoms with Crippen molar-refractivity contribution in [1.82, 2.24) is 14.9 Å². The number of aryl methyl sites for hydroxylation is 3. The lowest BCUT2D eigenvalue weighted by atomic mass is 10.1. The largest absolute Gasteiger partial charge is 0.355 e. The highest BCUT2D eigenvalue weighted by atomic mass is 15.3. The van der Waals surface area contributed by atoms with Crippen molar-refractivity contribution in [1.29, 1.82) is 5.41 Å². The minimum Gasteiger partial charge on any atom is -0.355 e. The van der Waals surface area contributed by atoms with Gasteiger partial charge in [0.2, 0.25) is 5.95 Å². The van der Waals surface area contributed by atoms with Crippen LogP contribution in [0, 0.1) is 26.2 Å². The molecular formula is C19H25N5. The second kappa shape index (κ2) is 6.99. The van der Waals surface area contributed by atoms with E-state index < -0.39 is 0 Å². The first-order valence-corrected chi connectivity index (χ1v) is 8.51. The summed E-state index contributed by atoms with van der Waals surface area (Å²) < 4.78 is 0. The van der Waals surface area contributed by atoms with Crippen LogP contribution < -0.4 is 4.90 Å². The van der Waals surface area contributed by atoms with E-state index in [1.807, 2.05) is 38.1 Å². The van der Waals surface area contributed by atoms with E-state index in [4.69, 9.17) is 5.41 Å². The van der Waals surface area contributed by atoms with Gasteiger partial charge in [-0.15, -0.1) is 0 Å². The average molecular weight is 323 g/mol. The van der Waals surface area contributed by atoms with Crippen molar-refractivity contribution in [3.05, 3.63) is 52.8 Å². The number of benzene rings is 1. The summed E-state index contributed by atoms with van der Waals surface area (Å²) >= 11 is 0. The van der Waals surface area contributed by atoms with Crippen LogP contribution in [0.5, 0.6) is 0 Å². The molecule has 1 aromatic carbocycles. The molecule has 126 valence electrons. The van der Waals surface area contributed by atoms with Gasteiger partial charge in [0.15, 0.2) is 0 Å². The van der Waals surface area contributed by atoms with E-state index in [1.165, 1.54) is 0 Å². The molecule has 2 aromatic rings. The first-order valence-electron chi connectivity index (χ1n) is 8.51. The zero-order chi connectivity index (χ0) is 17.1. The van der Waals surface area contributed by atoms with Gasteiger partial charge in [0, 0.05) is 43.1 Å². The van der Waals surface area contributed by atoms with Crippen molar-refractivity contribution in [2.24, 2.45) is 0 Å². The Kier molecular flexibility index (Phi) is 4.79. The Hall–Kier alpha value is -2.43. The smallest absolute Gasteiger partial charge is 0.225 e. The lowest BCUT2D eigenvalue weighted by molar-refractivity contribution is 0.446. The maximum absolute atomic E-state index is 8.58. The van der Waals surface area contributed by atoms with Gasteiger partial charge in [-0.2, -0.15) is 0 Å². The summed E-state index contributed by atoms with van der Waals surface area (Å²) in [5.74, 6) is 1.44. The molecule has 1 aromatic heterocycles. The van der Waals surface area contributed by atoms with E-state index in [0.29, 0.717) is 5.84 Å². The molecule has 2 heterocycles. The van der Waals surface area contributed by atoms with Crippen LogP contribution in [0.4, 0.5) is 5.95 Å². The summed E-state index contributed by atoms with van der Waals surface area (Å²) in [6.45, 7) is 9.58. The number of hydrogen-bond acceptors (Lipinski definition) is 4. The van der Waals surface area contributed by atoms with Gasteiger partial charge in [-0.05, 0) is 38.8 Å². The Labute approximate surface area is 143 Å². The number of nitrogens with zero attached hydrogens (tertiary/aromatic N) is 4. The Morgan fingerprint density at radius 3 is 2.38 bits per heavy atom. The van der Waals surface area contributed by atoms with Gasteiger partial charge < -0.3 is 9.80 Å². The molecule has 0 aliphatic carbocycles. The lowest BCUT2D eigenvalue weighted by Gasteiger charge is -2.25. The average Bonchev–Trinajstić information content (AvgIpc) is 2.80. The molecular weight excluding hydrogens is 298 g/mol. The van der Waals surface area contributed by atoms with E-state index in [9.17, 15) is 0 Å². The third-order valence-electron chi connectivity index (χ3n) is 4.47. The van der Waals surface area contributed by atoms with Gasteiger partial charge >= 0.3 is 0 Å². The van der Waals surface area contributed by atoms with Crippen LogP contribution in [-0.4, -0.2) is 46.9 Å².